The average Bonchev–Trinajstić information content (AvgIpc) is 3.59. The minimum atomic E-state index is 0.563. The SMILES string of the molecule is c1ccc(-c2nc(-c3ccccc3)nc(-c3cccc4c3oc3c(-c5cccc6ccccc56)cc(-c5cccc6ccccc56)cc34)n2)cc1. The molecule has 2 aromatic heterocycles. The van der Waals surface area contributed by atoms with Gasteiger partial charge in [-0.25, -0.2) is 15.0 Å². The van der Waals surface area contributed by atoms with Crippen LogP contribution in [0.3, 0.4) is 0 Å². The normalized spacial score (nSPS) is 11.5. The van der Waals surface area contributed by atoms with Crippen molar-refractivity contribution in [1.29, 1.82) is 0 Å². The Morgan fingerprint density at radius 3 is 1.43 bits per heavy atom. The molecule has 0 aliphatic rings. The van der Waals surface area contributed by atoms with Crippen molar-refractivity contribution < 1.29 is 4.42 Å². The third-order valence-corrected chi connectivity index (χ3v) is 9.72. The zero-order valence-electron chi connectivity index (χ0n) is 27.5. The maximum absolute atomic E-state index is 7.04. The summed E-state index contributed by atoms with van der Waals surface area (Å²) in [5, 5.41) is 6.83. The first-order chi connectivity index (χ1) is 25.3. The molecule has 0 aliphatic carbocycles. The summed E-state index contributed by atoms with van der Waals surface area (Å²) in [5.41, 5.74) is 8.72. The zero-order chi connectivity index (χ0) is 33.7. The van der Waals surface area contributed by atoms with E-state index in [1.54, 1.807) is 0 Å². The van der Waals surface area contributed by atoms with Crippen LogP contribution in [0.2, 0.25) is 0 Å². The van der Waals surface area contributed by atoms with Crippen LogP contribution in [0.1, 0.15) is 0 Å². The largest absolute Gasteiger partial charge is 0.455 e. The van der Waals surface area contributed by atoms with Crippen LogP contribution in [-0.4, -0.2) is 15.0 Å². The smallest absolute Gasteiger partial charge is 0.167 e. The maximum atomic E-state index is 7.04. The molecular formula is C47H29N3O. The van der Waals surface area contributed by atoms with Crippen molar-refractivity contribution in [2.45, 2.75) is 0 Å². The molecule has 4 nitrogen and oxygen atoms in total. The zero-order valence-corrected chi connectivity index (χ0v) is 27.5. The first-order valence-electron chi connectivity index (χ1n) is 17.1. The van der Waals surface area contributed by atoms with E-state index < -0.39 is 0 Å². The molecule has 2 heterocycles. The number of hydrogen-bond acceptors (Lipinski definition) is 4. The Balaban J connectivity index is 1.27. The minimum Gasteiger partial charge on any atom is -0.455 e. The highest BCUT2D eigenvalue weighted by Crippen LogP contribution is 2.44. The van der Waals surface area contributed by atoms with E-state index >= 15 is 0 Å². The van der Waals surface area contributed by atoms with Crippen LogP contribution < -0.4 is 0 Å². The second-order valence-electron chi connectivity index (χ2n) is 12.8. The number of hydrogen-bond donors (Lipinski definition) is 0. The van der Waals surface area contributed by atoms with Crippen molar-refractivity contribution in [2.24, 2.45) is 0 Å². The monoisotopic (exact) mass is 651 g/mol. The number of benzene rings is 8. The molecule has 0 aliphatic heterocycles. The van der Waals surface area contributed by atoms with Gasteiger partial charge in [-0.15, -0.1) is 0 Å². The molecule has 0 unspecified atom stereocenters. The standard InChI is InChI=1S/C47H29N3O/c1-3-16-32(17-4-1)45-48-46(33-18-5-2-6-19-33)50-47(49-45)40-27-13-26-39-42-29-34(37-24-11-20-30-14-7-9-22-35(30)37)28-41(44(42)51-43(39)40)38-25-12-21-31-15-8-10-23-36(31)38/h1-29H. The van der Waals surface area contributed by atoms with Crippen molar-refractivity contribution >= 4 is 43.5 Å². The van der Waals surface area contributed by atoms with E-state index in [0.717, 1.165) is 55.3 Å². The average molecular weight is 652 g/mol. The maximum Gasteiger partial charge on any atom is 0.167 e. The van der Waals surface area contributed by atoms with Crippen LogP contribution in [0.25, 0.3) is 99.9 Å². The van der Waals surface area contributed by atoms with Gasteiger partial charge in [0.25, 0.3) is 0 Å². The molecule has 0 bridgehead atoms. The van der Waals surface area contributed by atoms with E-state index in [-0.39, 0.29) is 0 Å². The molecule has 8 aromatic carbocycles. The summed E-state index contributed by atoms with van der Waals surface area (Å²) in [6, 6.07) is 61.1. The predicted octanol–water partition coefficient (Wildman–Crippen LogP) is 12.4. The van der Waals surface area contributed by atoms with Gasteiger partial charge in [-0.3, -0.25) is 0 Å². The van der Waals surface area contributed by atoms with Gasteiger partial charge in [-0.2, -0.15) is 0 Å². The number of nitrogens with zero attached hydrogens (tertiary/aromatic N) is 3. The van der Waals surface area contributed by atoms with Crippen LogP contribution in [0.4, 0.5) is 0 Å². The Hall–Kier alpha value is -6.91. The summed E-state index contributed by atoms with van der Waals surface area (Å²) in [7, 11) is 0. The highest BCUT2D eigenvalue weighted by atomic mass is 16.3. The summed E-state index contributed by atoms with van der Waals surface area (Å²) in [6.45, 7) is 0. The number of rotatable bonds is 5. The van der Waals surface area contributed by atoms with E-state index in [1.165, 1.54) is 27.1 Å². The molecule has 0 saturated heterocycles. The van der Waals surface area contributed by atoms with E-state index in [9.17, 15) is 0 Å². The van der Waals surface area contributed by atoms with Gasteiger partial charge < -0.3 is 4.42 Å². The van der Waals surface area contributed by atoms with Crippen LogP contribution in [0.5, 0.6) is 0 Å². The predicted molar refractivity (Wildman–Crippen MR) is 209 cm³/mol. The molecule has 0 saturated carbocycles. The van der Waals surface area contributed by atoms with Crippen molar-refractivity contribution in [3.8, 4) is 56.4 Å². The number of para-hydroxylation sites is 1. The Morgan fingerprint density at radius 1 is 0.294 bits per heavy atom. The Morgan fingerprint density at radius 2 is 0.765 bits per heavy atom. The van der Waals surface area contributed by atoms with Gasteiger partial charge in [-0.1, -0.05) is 158 Å². The molecule has 0 spiro atoms. The molecule has 0 fully saturated rings. The molecule has 238 valence electrons. The van der Waals surface area contributed by atoms with Gasteiger partial charge in [0.1, 0.15) is 11.2 Å². The van der Waals surface area contributed by atoms with Crippen molar-refractivity contribution in [2.75, 3.05) is 0 Å². The minimum absolute atomic E-state index is 0.563. The second kappa shape index (κ2) is 11.9. The van der Waals surface area contributed by atoms with Crippen molar-refractivity contribution in [3.63, 3.8) is 0 Å². The molecular weight excluding hydrogens is 623 g/mol. The van der Waals surface area contributed by atoms with Gasteiger partial charge in [-0.05, 0) is 56.4 Å². The lowest BCUT2D eigenvalue weighted by molar-refractivity contribution is 0.670. The molecule has 0 atom stereocenters. The van der Waals surface area contributed by atoms with Crippen LogP contribution in [0, 0.1) is 0 Å². The molecule has 0 N–H and O–H groups in total. The first-order valence-corrected chi connectivity index (χ1v) is 17.1. The molecule has 10 aromatic rings. The molecule has 4 heteroatoms. The summed E-state index contributed by atoms with van der Waals surface area (Å²) >= 11 is 0. The van der Waals surface area contributed by atoms with Gasteiger partial charge >= 0.3 is 0 Å². The Bertz CT molecular complexity index is 2840. The van der Waals surface area contributed by atoms with Crippen LogP contribution >= 0.6 is 0 Å². The lowest BCUT2D eigenvalue weighted by Crippen LogP contribution is -2.00. The molecule has 10 rings (SSSR count). The lowest BCUT2D eigenvalue weighted by atomic mass is 9.91. The number of fused-ring (bicyclic) bond motifs is 5. The fourth-order valence-electron chi connectivity index (χ4n) is 7.30. The first kappa shape index (κ1) is 29.0. The molecule has 51 heavy (non-hydrogen) atoms. The summed E-state index contributed by atoms with van der Waals surface area (Å²) in [4.78, 5) is 15.0. The van der Waals surface area contributed by atoms with Gasteiger partial charge in [0.2, 0.25) is 0 Å². The van der Waals surface area contributed by atoms with Gasteiger partial charge in [0.05, 0.1) is 5.56 Å². The highest BCUT2D eigenvalue weighted by Gasteiger charge is 2.21. The van der Waals surface area contributed by atoms with Crippen LogP contribution in [-0.2, 0) is 0 Å². The van der Waals surface area contributed by atoms with E-state index in [4.69, 9.17) is 19.4 Å². The molecule has 0 radical (unpaired) electrons. The van der Waals surface area contributed by atoms with Gasteiger partial charge in [0.15, 0.2) is 17.5 Å². The Kier molecular flexibility index (Phi) is 6.78. The summed E-state index contributed by atoms with van der Waals surface area (Å²) < 4.78 is 7.04. The van der Waals surface area contributed by atoms with E-state index in [0.29, 0.717) is 17.5 Å². The second-order valence-corrected chi connectivity index (χ2v) is 12.8. The third kappa shape index (κ3) is 4.96. The number of aromatic nitrogens is 3. The molecule has 0 amide bonds. The van der Waals surface area contributed by atoms with E-state index in [2.05, 4.69) is 109 Å². The highest BCUT2D eigenvalue weighted by molar-refractivity contribution is 6.16. The van der Waals surface area contributed by atoms with Crippen molar-refractivity contribution in [1.82, 2.24) is 15.0 Å². The topological polar surface area (TPSA) is 51.8 Å². The van der Waals surface area contributed by atoms with E-state index in [1.807, 2.05) is 66.7 Å². The fraction of sp³-hybridized carbons (Fsp3) is 0. The third-order valence-electron chi connectivity index (χ3n) is 9.72. The van der Waals surface area contributed by atoms with Crippen LogP contribution in [0.15, 0.2) is 180 Å². The number of furan rings is 1. The summed E-state index contributed by atoms with van der Waals surface area (Å²) in [6.07, 6.45) is 0. The van der Waals surface area contributed by atoms with Gasteiger partial charge in [0, 0.05) is 27.5 Å². The van der Waals surface area contributed by atoms with Crippen molar-refractivity contribution in [3.05, 3.63) is 176 Å². The fourth-order valence-corrected chi connectivity index (χ4v) is 7.30. The Labute approximate surface area is 294 Å². The summed E-state index contributed by atoms with van der Waals surface area (Å²) in [5.74, 6) is 1.79. The quantitative estimate of drug-likeness (QED) is 0.186. The lowest BCUT2D eigenvalue weighted by Gasteiger charge is -2.12.